The molecule has 1 amide bonds. The minimum Gasteiger partial charge on any atom is -0.497 e. The van der Waals surface area contributed by atoms with Crippen molar-refractivity contribution < 1.29 is 28.2 Å². The number of nitrogens with one attached hydrogen (secondary N) is 1. The Balaban J connectivity index is 1.67. The van der Waals surface area contributed by atoms with Crippen LogP contribution in [0.25, 0.3) is 0 Å². The number of carbonyl (C=O) groups excluding carboxylic acids is 1. The Morgan fingerprint density at radius 3 is 2.20 bits per heavy atom. The maximum absolute atomic E-state index is 12.5. The molecule has 3 rings (SSSR count). The van der Waals surface area contributed by atoms with E-state index in [1.54, 1.807) is 46.6 Å². The Bertz CT molecular complexity index is 1010. The summed E-state index contributed by atoms with van der Waals surface area (Å²) in [6.45, 7) is 0.297. The average Bonchev–Trinajstić information content (AvgIpc) is 3.25. The lowest BCUT2D eigenvalue weighted by Gasteiger charge is -2.11. The van der Waals surface area contributed by atoms with Gasteiger partial charge >= 0.3 is 0 Å². The van der Waals surface area contributed by atoms with Crippen molar-refractivity contribution >= 4 is 5.91 Å². The lowest BCUT2D eigenvalue weighted by Crippen LogP contribution is -2.22. The molecule has 0 saturated heterocycles. The summed E-state index contributed by atoms with van der Waals surface area (Å²) in [7, 11) is 6.38. The highest BCUT2D eigenvalue weighted by Crippen LogP contribution is 2.27. The molecule has 0 aliphatic carbocycles. The first-order valence-electron chi connectivity index (χ1n) is 9.36. The van der Waals surface area contributed by atoms with Crippen molar-refractivity contribution in [1.29, 1.82) is 0 Å². The van der Waals surface area contributed by atoms with Gasteiger partial charge in [-0.1, -0.05) is 0 Å². The summed E-state index contributed by atoms with van der Waals surface area (Å²) in [5.74, 6) is 3.35. The summed E-state index contributed by atoms with van der Waals surface area (Å²) < 4.78 is 27.0. The zero-order valence-corrected chi connectivity index (χ0v) is 17.5. The van der Waals surface area contributed by atoms with Crippen LogP contribution in [0.2, 0.25) is 0 Å². The molecule has 0 saturated carbocycles. The molecule has 0 atom stereocenters. The molecule has 7 heteroatoms. The fourth-order valence-electron chi connectivity index (χ4n) is 3.06. The lowest BCUT2D eigenvalue weighted by atomic mass is 10.1. The smallest absolute Gasteiger partial charge is 0.287 e. The molecule has 30 heavy (non-hydrogen) atoms. The first kappa shape index (κ1) is 21.1. The Kier molecular flexibility index (Phi) is 6.85. The van der Waals surface area contributed by atoms with Crippen molar-refractivity contribution in [2.75, 3.05) is 28.4 Å². The fourth-order valence-corrected chi connectivity index (χ4v) is 3.06. The number of ether oxygens (including phenoxy) is 4. The number of hydrogen-bond donors (Lipinski definition) is 1. The SMILES string of the molecule is COc1ccc(OC)c(Cc2ccc(C(=O)NCc3ccc(OC)cc3OC)o2)c1. The van der Waals surface area contributed by atoms with Crippen LogP contribution in [0.5, 0.6) is 23.0 Å². The third-order valence-electron chi connectivity index (χ3n) is 4.67. The van der Waals surface area contributed by atoms with Crippen molar-refractivity contribution in [1.82, 2.24) is 5.32 Å². The number of rotatable bonds is 9. The lowest BCUT2D eigenvalue weighted by molar-refractivity contribution is 0.0921. The predicted octanol–water partition coefficient (Wildman–Crippen LogP) is 3.83. The van der Waals surface area contributed by atoms with E-state index >= 15 is 0 Å². The zero-order valence-electron chi connectivity index (χ0n) is 17.5. The van der Waals surface area contributed by atoms with E-state index < -0.39 is 0 Å². The van der Waals surface area contributed by atoms with E-state index in [-0.39, 0.29) is 11.7 Å². The van der Waals surface area contributed by atoms with Gasteiger partial charge in [0.25, 0.3) is 5.91 Å². The molecule has 2 aromatic carbocycles. The van der Waals surface area contributed by atoms with Crippen molar-refractivity contribution in [3.05, 3.63) is 71.2 Å². The number of methoxy groups -OCH3 is 4. The highest BCUT2D eigenvalue weighted by Gasteiger charge is 2.14. The van der Waals surface area contributed by atoms with Gasteiger partial charge in [0.1, 0.15) is 28.8 Å². The fraction of sp³-hybridized carbons (Fsp3) is 0.261. The van der Waals surface area contributed by atoms with E-state index in [4.69, 9.17) is 23.4 Å². The van der Waals surface area contributed by atoms with E-state index in [1.807, 2.05) is 30.3 Å². The second kappa shape index (κ2) is 9.73. The van der Waals surface area contributed by atoms with Gasteiger partial charge in [-0.3, -0.25) is 4.79 Å². The van der Waals surface area contributed by atoms with Crippen LogP contribution in [0.15, 0.2) is 52.9 Å². The van der Waals surface area contributed by atoms with Gasteiger partial charge in [0, 0.05) is 30.2 Å². The largest absolute Gasteiger partial charge is 0.497 e. The van der Waals surface area contributed by atoms with Gasteiger partial charge in [0.05, 0.1) is 28.4 Å². The number of benzene rings is 2. The third kappa shape index (κ3) is 4.86. The molecule has 0 aliphatic heterocycles. The monoisotopic (exact) mass is 411 g/mol. The van der Waals surface area contributed by atoms with E-state index in [2.05, 4.69) is 5.32 Å². The van der Waals surface area contributed by atoms with Gasteiger partial charge in [-0.25, -0.2) is 0 Å². The Morgan fingerprint density at radius 2 is 1.50 bits per heavy atom. The molecule has 0 radical (unpaired) electrons. The topological polar surface area (TPSA) is 79.2 Å². The van der Waals surface area contributed by atoms with Gasteiger partial charge in [-0.05, 0) is 42.5 Å². The van der Waals surface area contributed by atoms with E-state index in [0.29, 0.717) is 30.2 Å². The predicted molar refractivity (Wildman–Crippen MR) is 112 cm³/mol. The molecule has 0 unspecified atom stereocenters. The molecule has 158 valence electrons. The van der Waals surface area contributed by atoms with Crippen molar-refractivity contribution in [2.24, 2.45) is 0 Å². The van der Waals surface area contributed by atoms with Gasteiger partial charge in [0.2, 0.25) is 0 Å². The molecule has 0 spiro atoms. The summed E-state index contributed by atoms with van der Waals surface area (Å²) >= 11 is 0. The Labute approximate surface area is 175 Å². The van der Waals surface area contributed by atoms with Crippen LogP contribution < -0.4 is 24.3 Å². The number of hydrogen-bond acceptors (Lipinski definition) is 6. The van der Waals surface area contributed by atoms with Crippen LogP contribution in [-0.4, -0.2) is 34.3 Å². The van der Waals surface area contributed by atoms with Crippen LogP contribution in [0.3, 0.4) is 0 Å². The zero-order chi connectivity index (χ0) is 21.5. The Hall–Kier alpha value is -3.61. The quantitative estimate of drug-likeness (QED) is 0.576. The maximum Gasteiger partial charge on any atom is 0.287 e. The van der Waals surface area contributed by atoms with Gasteiger partial charge in [-0.15, -0.1) is 0 Å². The van der Waals surface area contributed by atoms with Gasteiger partial charge < -0.3 is 28.7 Å². The summed E-state index contributed by atoms with van der Waals surface area (Å²) in [5.41, 5.74) is 1.74. The minimum atomic E-state index is -0.309. The summed E-state index contributed by atoms with van der Waals surface area (Å²) in [6.07, 6.45) is 0.472. The molecule has 1 heterocycles. The van der Waals surface area contributed by atoms with Crippen LogP contribution >= 0.6 is 0 Å². The van der Waals surface area contributed by atoms with E-state index in [0.717, 1.165) is 22.6 Å². The molecule has 0 bridgehead atoms. The van der Waals surface area contributed by atoms with Crippen molar-refractivity contribution in [3.63, 3.8) is 0 Å². The van der Waals surface area contributed by atoms with Crippen molar-refractivity contribution in [3.8, 4) is 23.0 Å². The molecule has 3 aromatic rings. The van der Waals surface area contributed by atoms with Crippen LogP contribution in [0.1, 0.15) is 27.4 Å². The summed E-state index contributed by atoms with van der Waals surface area (Å²) in [5, 5.41) is 2.85. The van der Waals surface area contributed by atoms with Gasteiger partial charge in [-0.2, -0.15) is 0 Å². The molecule has 1 aromatic heterocycles. The van der Waals surface area contributed by atoms with E-state index in [9.17, 15) is 4.79 Å². The minimum absolute atomic E-state index is 0.236. The Morgan fingerprint density at radius 1 is 0.800 bits per heavy atom. The molecular formula is C23H25NO6. The van der Waals surface area contributed by atoms with Crippen LogP contribution in [0.4, 0.5) is 0 Å². The molecular weight excluding hydrogens is 386 g/mol. The second-order valence-electron chi connectivity index (χ2n) is 6.48. The standard InChI is InChI=1S/C23H25NO6/c1-26-17-7-9-20(28-3)16(11-17)12-19-8-10-21(30-19)23(25)24-14-15-5-6-18(27-2)13-22(15)29-4/h5-11,13H,12,14H2,1-4H3,(H,24,25). The highest BCUT2D eigenvalue weighted by molar-refractivity contribution is 5.91. The third-order valence-corrected chi connectivity index (χ3v) is 4.67. The normalized spacial score (nSPS) is 10.4. The van der Waals surface area contributed by atoms with Crippen LogP contribution in [-0.2, 0) is 13.0 Å². The van der Waals surface area contributed by atoms with E-state index in [1.165, 1.54) is 0 Å². The molecule has 0 fully saturated rings. The molecule has 1 N–H and O–H groups in total. The number of furan rings is 1. The number of amides is 1. The number of carbonyl (C=O) groups is 1. The first-order chi connectivity index (χ1) is 14.6. The summed E-state index contributed by atoms with van der Waals surface area (Å²) in [4.78, 5) is 12.5. The summed E-state index contributed by atoms with van der Waals surface area (Å²) in [6, 6.07) is 14.4. The highest BCUT2D eigenvalue weighted by atomic mass is 16.5. The molecule has 7 nitrogen and oxygen atoms in total. The van der Waals surface area contributed by atoms with Crippen molar-refractivity contribution in [2.45, 2.75) is 13.0 Å². The van der Waals surface area contributed by atoms with Gasteiger partial charge in [0.15, 0.2) is 5.76 Å². The maximum atomic E-state index is 12.5. The van der Waals surface area contributed by atoms with Crippen LogP contribution in [0, 0.1) is 0 Å². The average molecular weight is 411 g/mol. The molecule has 0 aliphatic rings. The first-order valence-corrected chi connectivity index (χ1v) is 9.36. The second-order valence-corrected chi connectivity index (χ2v) is 6.48.